The van der Waals surface area contributed by atoms with E-state index >= 15 is 0 Å². The highest BCUT2D eigenvalue weighted by atomic mass is 16.5. The minimum atomic E-state index is -0.0507. The predicted molar refractivity (Wildman–Crippen MR) is 79.5 cm³/mol. The highest BCUT2D eigenvalue weighted by molar-refractivity contribution is 5.58. The first kappa shape index (κ1) is 13.6. The lowest BCUT2D eigenvalue weighted by Crippen LogP contribution is -1.99. The number of hydrogen-bond donors (Lipinski definition) is 2. The number of methoxy groups -OCH3 is 2. The van der Waals surface area contributed by atoms with Crippen LogP contribution >= 0.6 is 0 Å². The molecule has 0 aliphatic heterocycles. The third-order valence-corrected chi connectivity index (χ3v) is 4.15. The van der Waals surface area contributed by atoms with Gasteiger partial charge in [-0.2, -0.15) is 0 Å². The second-order valence-corrected chi connectivity index (χ2v) is 5.20. The molecule has 0 amide bonds. The van der Waals surface area contributed by atoms with Crippen LogP contribution in [0.2, 0.25) is 0 Å². The van der Waals surface area contributed by atoms with E-state index in [0.29, 0.717) is 5.75 Å². The van der Waals surface area contributed by atoms with E-state index in [1.807, 2.05) is 6.07 Å². The SMILES string of the molecule is COc1ccc(O)c([C@H]2CCc3c(OC)ccc(O)c32)c1. The second kappa shape index (κ2) is 5.20. The lowest BCUT2D eigenvalue weighted by molar-refractivity contribution is 0.407. The van der Waals surface area contributed by atoms with Crippen LogP contribution in [0.3, 0.4) is 0 Å². The summed E-state index contributed by atoms with van der Waals surface area (Å²) in [6.45, 7) is 0. The molecule has 1 aliphatic rings. The molecule has 0 bridgehead atoms. The Labute approximate surface area is 123 Å². The Kier molecular flexibility index (Phi) is 3.37. The smallest absolute Gasteiger partial charge is 0.122 e. The maximum absolute atomic E-state index is 10.2. The fourth-order valence-corrected chi connectivity index (χ4v) is 3.15. The predicted octanol–water partition coefficient (Wildman–Crippen LogP) is 3.19. The summed E-state index contributed by atoms with van der Waals surface area (Å²) < 4.78 is 10.6. The Morgan fingerprint density at radius 3 is 2.48 bits per heavy atom. The molecule has 0 spiro atoms. The number of hydrogen-bond acceptors (Lipinski definition) is 4. The maximum atomic E-state index is 10.2. The molecule has 2 N–H and O–H groups in total. The van der Waals surface area contributed by atoms with Crippen molar-refractivity contribution in [3.63, 3.8) is 0 Å². The molecule has 0 saturated heterocycles. The molecule has 3 rings (SSSR count). The van der Waals surface area contributed by atoms with E-state index in [1.54, 1.807) is 38.5 Å². The van der Waals surface area contributed by atoms with Crippen molar-refractivity contribution in [1.82, 2.24) is 0 Å². The molecule has 2 aromatic rings. The lowest BCUT2D eigenvalue weighted by atomic mass is 9.91. The number of rotatable bonds is 3. The monoisotopic (exact) mass is 286 g/mol. The van der Waals surface area contributed by atoms with Crippen molar-refractivity contribution >= 4 is 0 Å². The Morgan fingerprint density at radius 2 is 1.76 bits per heavy atom. The van der Waals surface area contributed by atoms with Gasteiger partial charge in [-0.25, -0.2) is 0 Å². The number of aromatic hydroxyl groups is 2. The summed E-state index contributed by atoms with van der Waals surface area (Å²) in [6.07, 6.45) is 1.64. The molecule has 2 aromatic carbocycles. The van der Waals surface area contributed by atoms with Gasteiger partial charge in [0.2, 0.25) is 0 Å². The van der Waals surface area contributed by atoms with Gasteiger partial charge in [0.1, 0.15) is 23.0 Å². The van der Waals surface area contributed by atoms with E-state index in [-0.39, 0.29) is 17.4 Å². The molecule has 21 heavy (non-hydrogen) atoms. The number of phenols is 2. The van der Waals surface area contributed by atoms with Crippen molar-refractivity contribution in [2.75, 3.05) is 14.2 Å². The standard InChI is InChI=1S/C17H18O4/c1-20-10-3-6-14(18)13(9-10)11-4-5-12-16(21-2)8-7-15(19)17(11)12/h3,6-9,11,18-19H,4-5H2,1-2H3/t11-/m1/s1. The molecule has 0 aromatic heterocycles. The van der Waals surface area contributed by atoms with Gasteiger partial charge in [-0.15, -0.1) is 0 Å². The van der Waals surface area contributed by atoms with Gasteiger partial charge in [0.25, 0.3) is 0 Å². The summed E-state index contributed by atoms with van der Waals surface area (Å²) in [6, 6.07) is 8.60. The van der Waals surface area contributed by atoms with Gasteiger partial charge in [0, 0.05) is 22.6 Å². The summed E-state index contributed by atoms with van der Waals surface area (Å²) in [5.41, 5.74) is 2.64. The highest BCUT2D eigenvalue weighted by Gasteiger charge is 2.31. The van der Waals surface area contributed by atoms with Crippen molar-refractivity contribution in [3.8, 4) is 23.0 Å². The summed E-state index contributed by atoms with van der Waals surface area (Å²) >= 11 is 0. The van der Waals surface area contributed by atoms with Gasteiger partial charge in [-0.05, 0) is 43.2 Å². The zero-order valence-electron chi connectivity index (χ0n) is 12.1. The third kappa shape index (κ3) is 2.17. The van der Waals surface area contributed by atoms with Crippen molar-refractivity contribution < 1.29 is 19.7 Å². The summed E-state index contributed by atoms with van der Waals surface area (Å²) in [7, 11) is 3.22. The van der Waals surface area contributed by atoms with Crippen LogP contribution in [0.25, 0.3) is 0 Å². The number of ether oxygens (including phenoxy) is 2. The minimum Gasteiger partial charge on any atom is -0.508 e. The zero-order chi connectivity index (χ0) is 15.0. The average molecular weight is 286 g/mol. The number of phenolic OH excluding ortho intramolecular Hbond substituents is 2. The molecule has 110 valence electrons. The summed E-state index contributed by atoms with van der Waals surface area (Å²) in [5.74, 6) is 1.89. The van der Waals surface area contributed by atoms with Crippen LogP contribution in [0.1, 0.15) is 29.0 Å². The van der Waals surface area contributed by atoms with E-state index in [2.05, 4.69) is 0 Å². The van der Waals surface area contributed by atoms with Crippen molar-refractivity contribution in [3.05, 3.63) is 47.0 Å². The first-order valence-corrected chi connectivity index (χ1v) is 6.91. The van der Waals surface area contributed by atoms with Gasteiger partial charge >= 0.3 is 0 Å². The third-order valence-electron chi connectivity index (χ3n) is 4.15. The molecule has 0 saturated carbocycles. The number of benzene rings is 2. The van der Waals surface area contributed by atoms with Gasteiger partial charge in [0.15, 0.2) is 0 Å². The van der Waals surface area contributed by atoms with Gasteiger partial charge in [0.05, 0.1) is 14.2 Å². The Balaban J connectivity index is 2.13. The number of fused-ring (bicyclic) bond motifs is 1. The van der Waals surface area contributed by atoms with E-state index < -0.39 is 0 Å². The molecule has 0 unspecified atom stereocenters. The molecule has 0 radical (unpaired) electrons. The molecule has 4 nitrogen and oxygen atoms in total. The Morgan fingerprint density at radius 1 is 1.00 bits per heavy atom. The Bertz CT molecular complexity index is 679. The molecule has 1 atom stereocenters. The van der Waals surface area contributed by atoms with Crippen LogP contribution in [0.4, 0.5) is 0 Å². The van der Waals surface area contributed by atoms with Gasteiger partial charge in [-0.1, -0.05) is 0 Å². The van der Waals surface area contributed by atoms with Crippen LogP contribution in [0.5, 0.6) is 23.0 Å². The van der Waals surface area contributed by atoms with Crippen molar-refractivity contribution in [2.24, 2.45) is 0 Å². The van der Waals surface area contributed by atoms with Crippen molar-refractivity contribution in [1.29, 1.82) is 0 Å². The second-order valence-electron chi connectivity index (χ2n) is 5.20. The van der Waals surface area contributed by atoms with Crippen LogP contribution in [-0.4, -0.2) is 24.4 Å². The van der Waals surface area contributed by atoms with Gasteiger partial charge in [-0.3, -0.25) is 0 Å². The van der Waals surface area contributed by atoms with Crippen LogP contribution in [0.15, 0.2) is 30.3 Å². The fourth-order valence-electron chi connectivity index (χ4n) is 3.15. The van der Waals surface area contributed by atoms with E-state index in [9.17, 15) is 10.2 Å². The molecule has 0 heterocycles. The molecular formula is C17H18O4. The quantitative estimate of drug-likeness (QED) is 0.909. The fraction of sp³-hybridized carbons (Fsp3) is 0.294. The first-order valence-electron chi connectivity index (χ1n) is 6.91. The van der Waals surface area contributed by atoms with Crippen LogP contribution in [-0.2, 0) is 6.42 Å². The highest BCUT2D eigenvalue weighted by Crippen LogP contribution is 2.48. The molecular weight excluding hydrogens is 268 g/mol. The lowest BCUT2D eigenvalue weighted by Gasteiger charge is -2.17. The normalized spacial score (nSPS) is 16.6. The minimum absolute atomic E-state index is 0.0507. The average Bonchev–Trinajstić information content (AvgIpc) is 2.94. The Hall–Kier alpha value is -2.36. The van der Waals surface area contributed by atoms with Gasteiger partial charge < -0.3 is 19.7 Å². The zero-order valence-corrected chi connectivity index (χ0v) is 12.1. The first-order chi connectivity index (χ1) is 10.2. The molecule has 1 aliphatic carbocycles. The summed E-state index contributed by atoms with van der Waals surface area (Å²) in [4.78, 5) is 0. The van der Waals surface area contributed by atoms with Crippen LogP contribution in [0, 0.1) is 0 Å². The summed E-state index contributed by atoms with van der Waals surface area (Å²) in [5, 5.41) is 20.4. The molecule has 0 fully saturated rings. The topological polar surface area (TPSA) is 58.9 Å². The van der Waals surface area contributed by atoms with Crippen LogP contribution < -0.4 is 9.47 Å². The van der Waals surface area contributed by atoms with E-state index in [1.165, 1.54) is 0 Å². The maximum Gasteiger partial charge on any atom is 0.122 e. The van der Waals surface area contributed by atoms with E-state index in [4.69, 9.17) is 9.47 Å². The van der Waals surface area contributed by atoms with Crippen molar-refractivity contribution in [2.45, 2.75) is 18.8 Å². The van der Waals surface area contributed by atoms with E-state index in [0.717, 1.165) is 35.3 Å². The molecule has 4 heteroatoms. The largest absolute Gasteiger partial charge is 0.508 e.